The molecule has 4 heteroatoms. The summed E-state index contributed by atoms with van der Waals surface area (Å²) in [6, 6.07) is 2.07. The fourth-order valence-corrected chi connectivity index (χ4v) is 2.37. The quantitative estimate of drug-likeness (QED) is 0.831. The number of piperidine rings is 1. The highest BCUT2D eigenvalue weighted by Crippen LogP contribution is 2.21. The highest BCUT2D eigenvalue weighted by molar-refractivity contribution is 4.98. The van der Waals surface area contributed by atoms with E-state index in [9.17, 15) is 5.11 Å². The van der Waals surface area contributed by atoms with Gasteiger partial charge in [-0.3, -0.25) is 9.58 Å². The molecule has 0 spiro atoms. The molecule has 0 amide bonds. The van der Waals surface area contributed by atoms with E-state index in [1.165, 1.54) is 0 Å². The van der Waals surface area contributed by atoms with Crippen LogP contribution in [0.2, 0.25) is 0 Å². The Labute approximate surface area is 96.9 Å². The molecule has 90 valence electrons. The summed E-state index contributed by atoms with van der Waals surface area (Å²) < 4.78 is 1.85. The van der Waals surface area contributed by atoms with Crippen molar-refractivity contribution >= 4 is 0 Å². The summed E-state index contributed by atoms with van der Waals surface area (Å²) in [6.45, 7) is 4.99. The molecule has 1 unspecified atom stereocenters. The minimum absolute atomic E-state index is 0.156. The molecule has 4 nitrogen and oxygen atoms in total. The van der Waals surface area contributed by atoms with Gasteiger partial charge in [-0.25, -0.2) is 0 Å². The molecule has 0 saturated carbocycles. The lowest BCUT2D eigenvalue weighted by molar-refractivity contribution is 0.0691. The third kappa shape index (κ3) is 2.83. The maximum absolute atomic E-state index is 9.52. The van der Waals surface area contributed by atoms with E-state index in [4.69, 9.17) is 0 Å². The molecule has 1 saturated heterocycles. The van der Waals surface area contributed by atoms with E-state index in [0.29, 0.717) is 5.92 Å². The second-order valence-corrected chi connectivity index (χ2v) is 4.83. The van der Waals surface area contributed by atoms with Crippen LogP contribution >= 0.6 is 0 Å². The van der Waals surface area contributed by atoms with Crippen LogP contribution in [0.15, 0.2) is 12.3 Å². The lowest BCUT2D eigenvalue weighted by atomic mass is 9.92. The van der Waals surface area contributed by atoms with Gasteiger partial charge in [-0.15, -0.1) is 0 Å². The molecule has 1 aliphatic rings. The molecule has 1 aromatic rings. The average molecular weight is 223 g/mol. The van der Waals surface area contributed by atoms with Gasteiger partial charge in [0.25, 0.3) is 0 Å². The number of aromatic nitrogens is 2. The highest BCUT2D eigenvalue weighted by atomic mass is 16.3. The van der Waals surface area contributed by atoms with Crippen LogP contribution in [-0.4, -0.2) is 39.0 Å². The van der Waals surface area contributed by atoms with Gasteiger partial charge in [0.05, 0.1) is 11.8 Å². The smallest absolute Gasteiger partial charge is 0.0764 e. The number of hydrogen-bond acceptors (Lipinski definition) is 3. The minimum atomic E-state index is -0.156. The van der Waals surface area contributed by atoms with Gasteiger partial charge < -0.3 is 5.11 Å². The minimum Gasteiger partial charge on any atom is -0.393 e. The third-order valence-corrected chi connectivity index (χ3v) is 3.47. The first kappa shape index (κ1) is 11.6. The van der Waals surface area contributed by atoms with Gasteiger partial charge >= 0.3 is 0 Å². The van der Waals surface area contributed by atoms with Crippen molar-refractivity contribution < 1.29 is 5.11 Å². The molecule has 0 aromatic carbocycles. The van der Waals surface area contributed by atoms with Crippen LogP contribution in [-0.2, 0) is 13.6 Å². The number of hydrogen-bond donors (Lipinski definition) is 1. The maximum Gasteiger partial charge on any atom is 0.0764 e. The first-order valence-electron chi connectivity index (χ1n) is 6.04. The Morgan fingerprint density at radius 3 is 2.69 bits per heavy atom. The van der Waals surface area contributed by atoms with Gasteiger partial charge in [0, 0.05) is 19.8 Å². The Hall–Kier alpha value is -0.870. The zero-order valence-electron chi connectivity index (χ0n) is 10.1. The van der Waals surface area contributed by atoms with Gasteiger partial charge in [0.15, 0.2) is 0 Å². The van der Waals surface area contributed by atoms with Crippen molar-refractivity contribution in [2.24, 2.45) is 13.0 Å². The van der Waals surface area contributed by atoms with Crippen molar-refractivity contribution in [3.05, 3.63) is 18.0 Å². The summed E-state index contributed by atoms with van der Waals surface area (Å²) in [6.07, 6.45) is 4.03. The molecule has 2 heterocycles. The van der Waals surface area contributed by atoms with Crippen molar-refractivity contribution in [3.63, 3.8) is 0 Å². The van der Waals surface area contributed by atoms with Crippen LogP contribution in [0, 0.1) is 5.92 Å². The standard InChI is InChI=1S/C12H21N3O/c1-10(16)11-3-7-15(8-4-11)9-12-5-6-14(2)13-12/h5-6,10-11,16H,3-4,7-9H2,1-2H3. The average Bonchev–Trinajstić information content (AvgIpc) is 2.65. The van der Waals surface area contributed by atoms with Gasteiger partial charge in [0.2, 0.25) is 0 Å². The van der Waals surface area contributed by atoms with Crippen LogP contribution in [0.5, 0.6) is 0 Å². The molecule has 1 aromatic heterocycles. The fraction of sp³-hybridized carbons (Fsp3) is 0.750. The number of nitrogens with zero attached hydrogens (tertiary/aromatic N) is 3. The van der Waals surface area contributed by atoms with E-state index in [-0.39, 0.29) is 6.10 Å². The van der Waals surface area contributed by atoms with Crippen LogP contribution < -0.4 is 0 Å². The SMILES string of the molecule is CC(O)C1CCN(Cc2ccn(C)n2)CC1. The van der Waals surface area contributed by atoms with Gasteiger partial charge in [-0.2, -0.15) is 5.10 Å². The number of likely N-dealkylation sites (tertiary alicyclic amines) is 1. The normalized spacial score (nSPS) is 21.2. The topological polar surface area (TPSA) is 41.3 Å². The second-order valence-electron chi connectivity index (χ2n) is 4.83. The molecule has 1 aliphatic heterocycles. The van der Waals surface area contributed by atoms with E-state index >= 15 is 0 Å². The number of aliphatic hydroxyl groups is 1. The van der Waals surface area contributed by atoms with E-state index in [1.54, 1.807) is 0 Å². The Morgan fingerprint density at radius 1 is 1.50 bits per heavy atom. The van der Waals surface area contributed by atoms with Crippen LogP contribution in [0.1, 0.15) is 25.5 Å². The largest absolute Gasteiger partial charge is 0.393 e. The van der Waals surface area contributed by atoms with Crippen molar-refractivity contribution in [1.29, 1.82) is 0 Å². The highest BCUT2D eigenvalue weighted by Gasteiger charge is 2.22. The summed E-state index contributed by atoms with van der Waals surface area (Å²) in [5.41, 5.74) is 1.14. The molecule has 0 bridgehead atoms. The first-order valence-corrected chi connectivity index (χ1v) is 6.04. The van der Waals surface area contributed by atoms with Gasteiger partial charge in [0.1, 0.15) is 0 Å². The molecule has 0 radical (unpaired) electrons. The summed E-state index contributed by atoms with van der Waals surface area (Å²) in [4.78, 5) is 2.42. The number of aryl methyl sites for hydroxylation is 1. The van der Waals surface area contributed by atoms with Crippen LogP contribution in [0.4, 0.5) is 0 Å². The van der Waals surface area contributed by atoms with Crippen molar-refractivity contribution in [2.75, 3.05) is 13.1 Å². The summed E-state index contributed by atoms with van der Waals surface area (Å²) >= 11 is 0. The lowest BCUT2D eigenvalue weighted by Gasteiger charge is -2.32. The fourth-order valence-electron chi connectivity index (χ4n) is 2.37. The van der Waals surface area contributed by atoms with E-state index < -0.39 is 0 Å². The van der Waals surface area contributed by atoms with E-state index in [2.05, 4.69) is 16.1 Å². The molecule has 0 aliphatic carbocycles. The molecular formula is C12H21N3O. The number of rotatable bonds is 3. The van der Waals surface area contributed by atoms with Gasteiger partial charge in [-0.05, 0) is 44.8 Å². The monoisotopic (exact) mass is 223 g/mol. The van der Waals surface area contributed by atoms with E-state index in [0.717, 1.165) is 38.2 Å². The molecule has 1 atom stereocenters. The van der Waals surface area contributed by atoms with Crippen molar-refractivity contribution in [1.82, 2.24) is 14.7 Å². The lowest BCUT2D eigenvalue weighted by Crippen LogP contribution is -2.36. The third-order valence-electron chi connectivity index (χ3n) is 3.47. The number of aliphatic hydroxyl groups excluding tert-OH is 1. The Kier molecular flexibility index (Phi) is 3.61. The Balaban J connectivity index is 1.81. The predicted octanol–water partition coefficient (Wildman–Crippen LogP) is 1.01. The van der Waals surface area contributed by atoms with Gasteiger partial charge in [-0.1, -0.05) is 0 Å². The van der Waals surface area contributed by atoms with Crippen LogP contribution in [0.25, 0.3) is 0 Å². The second kappa shape index (κ2) is 4.97. The molecule has 1 N–H and O–H groups in total. The van der Waals surface area contributed by atoms with E-state index in [1.807, 2.05) is 24.9 Å². The predicted molar refractivity (Wildman–Crippen MR) is 62.9 cm³/mol. The first-order chi connectivity index (χ1) is 7.65. The molecule has 1 fully saturated rings. The molecule has 2 rings (SSSR count). The Morgan fingerprint density at radius 2 is 2.19 bits per heavy atom. The molecular weight excluding hydrogens is 202 g/mol. The van der Waals surface area contributed by atoms with Crippen LogP contribution in [0.3, 0.4) is 0 Å². The summed E-state index contributed by atoms with van der Waals surface area (Å²) in [7, 11) is 1.95. The zero-order chi connectivity index (χ0) is 11.5. The zero-order valence-corrected chi connectivity index (χ0v) is 10.1. The summed E-state index contributed by atoms with van der Waals surface area (Å²) in [5.74, 6) is 0.486. The summed E-state index contributed by atoms with van der Waals surface area (Å²) in [5, 5.41) is 13.9. The van der Waals surface area contributed by atoms with Crippen molar-refractivity contribution in [3.8, 4) is 0 Å². The Bertz CT molecular complexity index is 327. The molecule has 16 heavy (non-hydrogen) atoms. The maximum atomic E-state index is 9.52. The van der Waals surface area contributed by atoms with Crippen molar-refractivity contribution in [2.45, 2.75) is 32.4 Å².